The quantitative estimate of drug-likeness (QED) is 0.620. The minimum Gasteiger partial charge on any atom is -0.486 e. The molecule has 31 heavy (non-hydrogen) atoms. The smallest absolute Gasteiger partial charge is 0.246 e. The molecule has 0 atom stereocenters. The molecule has 0 saturated carbocycles. The molecule has 1 fully saturated rings. The molecule has 1 amide bonds. The van der Waals surface area contributed by atoms with Crippen LogP contribution < -0.4 is 4.74 Å². The summed E-state index contributed by atoms with van der Waals surface area (Å²) in [6.07, 6.45) is 5.26. The summed E-state index contributed by atoms with van der Waals surface area (Å²) < 4.78 is 6.30. The molecule has 4 nitrogen and oxygen atoms in total. The summed E-state index contributed by atoms with van der Waals surface area (Å²) in [6.45, 7) is 9.74. The topological polar surface area (TPSA) is 46.6 Å². The van der Waals surface area contributed by atoms with Gasteiger partial charge >= 0.3 is 0 Å². The molecule has 0 radical (unpaired) electrons. The van der Waals surface area contributed by atoms with Crippen molar-refractivity contribution in [3.05, 3.63) is 70.8 Å². The van der Waals surface area contributed by atoms with Crippen LogP contribution >= 0.6 is 0 Å². The van der Waals surface area contributed by atoms with Crippen molar-refractivity contribution in [1.82, 2.24) is 4.90 Å². The van der Waals surface area contributed by atoms with Gasteiger partial charge in [-0.3, -0.25) is 9.59 Å². The third-order valence-electron chi connectivity index (χ3n) is 6.43. The van der Waals surface area contributed by atoms with E-state index in [0.717, 1.165) is 11.1 Å². The molecule has 2 aliphatic rings. The van der Waals surface area contributed by atoms with Gasteiger partial charge in [-0.2, -0.15) is 0 Å². The number of Topliss-reactive ketones (excluding diaryl/α,β-unsaturated/α-hetero) is 1. The van der Waals surface area contributed by atoms with Crippen LogP contribution in [-0.4, -0.2) is 35.3 Å². The number of nitrogens with zero attached hydrogens (tertiary/aromatic N) is 1. The lowest BCUT2D eigenvalue weighted by Gasteiger charge is -2.43. The van der Waals surface area contributed by atoms with E-state index in [9.17, 15) is 9.59 Å². The van der Waals surface area contributed by atoms with Gasteiger partial charge in [-0.05, 0) is 41.7 Å². The van der Waals surface area contributed by atoms with Crippen molar-refractivity contribution in [2.45, 2.75) is 58.0 Å². The second kappa shape index (κ2) is 7.99. The van der Waals surface area contributed by atoms with Crippen LogP contribution in [0, 0.1) is 6.92 Å². The molecule has 162 valence electrons. The molecule has 4 rings (SSSR count). The zero-order valence-electron chi connectivity index (χ0n) is 18.9. The van der Waals surface area contributed by atoms with E-state index in [4.69, 9.17) is 4.74 Å². The molecule has 2 heterocycles. The Bertz CT molecular complexity index is 1020. The van der Waals surface area contributed by atoms with Crippen LogP contribution in [-0.2, 0) is 10.2 Å². The van der Waals surface area contributed by atoms with Crippen LogP contribution in [0.2, 0.25) is 0 Å². The van der Waals surface area contributed by atoms with Crippen molar-refractivity contribution in [3.8, 4) is 5.75 Å². The number of aryl methyl sites for hydroxylation is 1. The molecule has 1 spiro atoms. The highest BCUT2D eigenvalue weighted by atomic mass is 16.5. The fourth-order valence-electron chi connectivity index (χ4n) is 4.39. The van der Waals surface area contributed by atoms with E-state index in [1.165, 1.54) is 5.56 Å². The Morgan fingerprint density at radius 2 is 1.74 bits per heavy atom. The highest BCUT2D eigenvalue weighted by Crippen LogP contribution is 2.39. The maximum absolute atomic E-state index is 12.7. The third kappa shape index (κ3) is 4.58. The van der Waals surface area contributed by atoms with Gasteiger partial charge in [0.1, 0.15) is 11.4 Å². The monoisotopic (exact) mass is 417 g/mol. The highest BCUT2D eigenvalue weighted by molar-refractivity contribution is 6.00. The van der Waals surface area contributed by atoms with Crippen LogP contribution in [0.25, 0.3) is 6.08 Å². The number of ketones is 1. The maximum Gasteiger partial charge on any atom is 0.246 e. The van der Waals surface area contributed by atoms with E-state index in [-0.39, 0.29) is 17.1 Å². The number of fused-ring (bicyclic) bond motifs is 1. The van der Waals surface area contributed by atoms with Crippen LogP contribution in [0.15, 0.2) is 48.5 Å². The average Bonchev–Trinajstić information content (AvgIpc) is 2.73. The normalized spacial score (nSPS) is 18.2. The summed E-state index contributed by atoms with van der Waals surface area (Å²) in [7, 11) is 0. The van der Waals surface area contributed by atoms with Gasteiger partial charge in [-0.15, -0.1) is 0 Å². The van der Waals surface area contributed by atoms with Gasteiger partial charge in [0, 0.05) is 32.0 Å². The number of carbonyl (C=O) groups is 2. The fraction of sp³-hybridized carbons (Fsp3) is 0.407. The molecule has 0 aliphatic carbocycles. The molecule has 0 unspecified atom stereocenters. The summed E-state index contributed by atoms with van der Waals surface area (Å²) in [4.78, 5) is 27.3. The number of piperidine rings is 1. The lowest BCUT2D eigenvalue weighted by Crippen LogP contribution is -2.52. The van der Waals surface area contributed by atoms with Gasteiger partial charge in [0.05, 0.1) is 12.0 Å². The molecule has 1 saturated heterocycles. The van der Waals surface area contributed by atoms with E-state index >= 15 is 0 Å². The van der Waals surface area contributed by atoms with Crippen LogP contribution in [0.4, 0.5) is 0 Å². The van der Waals surface area contributed by atoms with Gasteiger partial charge in [0.25, 0.3) is 0 Å². The van der Waals surface area contributed by atoms with Crippen molar-refractivity contribution in [3.63, 3.8) is 0 Å². The highest BCUT2D eigenvalue weighted by Gasteiger charge is 2.43. The SMILES string of the molecule is Cc1ccc2c(c1)C(=O)CC1(CCN(C(=O)/C=C/c3ccc(C(C)(C)C)cc3)CC1)O2. The van der Waals surface area contributed by atoms with E-state index in [1.54, 1.807) is 6.08 Å². The summed E-state index contributed by atoms with van der Waals surface area (Å²) in [5.74, 6) is 0.830. The van der Waals surface area contributed by atoms with Crippen LogP contribution in [0.3, 0.4) is 0 Å². The Morgan fingerprint density at radius 1 is 1.06 bits per heavy atom. The lowest BCUT2D eigenvalue weighted by molar-refractivity contribution is -0.129. The molecule has 0 aromatic heterocycles. The molecule has 2 aliphatic heterocycles. The lowest BCUT2D eigenvalue weighted by atomic mass is 9.82. The Kier molecular flexibility index (Phi) is 5.50. The molecule has 0 N–H and O–H groups in total. The van der Waals surface area contributed by atoms with Crippen LogP contribution in [0.1, 0.15) is 67.1 Å². The first-order chi connectivity index (χ1) is 14.7. The molecule has 0 bridgehead atoms. The summed E-state index contributed by atoms with van der Waals surface area (Å²) >= 11 is 0. The van der Waals surface area contributed by atoms with E-state index in [1.807, 2.05) is 36.1 Å². The first-order valence-corrected chi connectivity index (χ1v) is 11.1. The Morgan fingerprint density at radius 3 is 2.39 bits per heavy atom. The molecule has 2 aromatic rings. The van der Waals surface area contributed by atoms with E-state index in [0.29, 0.717) is 43.7 Å². The number of rotatable bonds is 2. The van der Waals surface area contributed by atoms with Gasteiger partial charge < -0.3 is 9.64 Å². The van der Waals surface area contributed by atoms with Gasteiger partial charge in [-0.1, -0.05) is 56.7 Å². The van der Waals surface area contributed by atoms with Crippen molar-refractivity contribution in [2.75, 3.05) is 13.1 Å². The zero-order valence-corrected chi connectivity index (χ0v) is 18.9. The second-order valence-corrected chi connectivity index (χ2v) is 9.92. The van der Waals surface area contributed by atoms with Gasteiger partial charge in [-0.25, -0.2) is 0 Å². The largest absolute Gasteiger partial charge is 0.486 e. The third-order valence-corrected chi connectivity index (χ3v) is 6.43. The number of likely N-dealkylation sites (tertiary alicyclic amines) is 1. The molecule has 4 heteroatoms. The number of benzene rings is 2. The summed E-state index contributed by atoms with van der Waals surface area (Å²) in [5.41, 5.74) is 3.67. The molecule has 2 aromatic carbocycles. The summed E-state index contributed by atoms with van der Waals surface area (Å²) in [5, 5.41) is 0. The van der Waals surface area contributed by atoms with Crippen molar-refractivity contribution >= 4 is 17.8 Å². The fourth-order valence-corrected chi connectivity index (χ4v) is 4.39. The van der Waals surface area contributed by atoms with Crippen molar-refractivity contribution < 1.29 is 14.3 Å². The number of amides is 1. The Labute approximate surface area is 184 Å². The first kappa shape index (κ1) is 21.4. The minimum atomic E-state index is -0.484. The molecular weight excluding hydrogens is 386 g/mol. The van der Waals surface area contributed by atoms with Gasteiger partial charge in [0.2, 0.25) is 5.91 Å². The predicted octanol–water partition coefficient (Wildman–Crippen LogP) is 5.33. The van der Waals surface area contributed by atoms with Crippen molar-refractivity contribution in [2.24, 2.45) is 0 Å². The average molecular weight is 418 g/mol. The number of ether oxygens (including phenoxy) is 1. The van der Waals surface area contributed by atoms with Gasteiger partial charge in [0.15, 0.2) is 5.78 Å². The Balaban J connectivity index is 1.37. The zero-order chi connectivity index (χ0) is 22.2. The standard InChI is InChI=1S/C27H31NO3/c1-19-5-11-24-22(17-19)23(29)18-27(31-24)13-15-28(16-14-27)25(30)12-8-20-6-9-21(10-7-20)26(2,3)4/h5-12,17H,13-16,18H2,1-4H3/b12-8+. The van der Waals surface area contributed by atoms with Crippen molar-refractivity contribution in [1.29, 1.82) is 0 Å². The minimum absolute atomic E-state index is 0.00732. The molecular formula is C27H31NO3. The van der Waals surface area contributed by atoms with E-state index < -0.39 is 5.60 Å². The maximum atomic E-state index is 12.7. The number of hydrogen-bond acceptors (Lipinski definition) is 3. The predicted molar refractivity (Wildman–Crippen MR) is 123 cm³/mol. The first-order valence-electron chi connectivity index (χ1n) is 11.1. The summed E-state index contributed by atoms with van der Waals surface area (Å²) in [6, 6.07) is 14.1. The van der Waals surface area contributed by atoms with E-state index in [2.05, 4.69) is 45.0 Å². The Hall–Kier alpha value is -2.88. The number of hydrogen-bond donors (Lipinski definition) is 0. The second-order valence-electron chi connectivity index (χ2n) is 9.92. The number of carbonyl (C=O) groups excluding carboxylic acids is 2. The van der Waals surface area contributed by atoms with Crippen LogP contribution in [0.5, 0.6) is 5.75 Å².